The normalized spacial score (nSPS) is 14.0. The van der Waals surface area contributed by atoms with Gasteiger partial charge in [0, 0.05) is 18.7 Å². The van der Waals surface area contributed by atoms with Crippen molar-refractivity contribution in [2.45, 2.75) is 43.9 Å². The van der Waals surface area contributed by atoms with E-state index in [0.29, 0.717) is 24.3 Å². The fraction of sp³-hybridized carbons (Fsp3) is 0.350. The van der Waals surface area contributed by atoms with Gasteiger partial charge in [-0.3, -0.25) is 9.10 Å². The zero-order valence-corrected chi connectivity index (χ0v) is 15.8. The third kappa shape index (κ3) is 3.90. The van der Waals surface area contributed by atoms with Crippen LogP contribution in [0.3, 0.4) is 0 Å². The minimum Gasteiger partial charge on any atom is -0.326 e. The molecule has 0 spiro atoms. The molecule has 26 heavy (non-hydrogen) atoms. The fourth-order valence-corrected chi connectivity index (χ4v) is 4.70. The first-order valence-corrected chi connectivity index (χ1v) is 10.5. The van der Waals surface area contributed by atoms with Crippen molar-refractivity contribution in [2.24, 2.45) is 0 Å². The molecular formula is C20H24N2O3S. The second-order valence-electron chi connectivity index (χ2n) is 6.49. The highest BCUT2D eigenvalue weighted by atomic mass is 32.2. The van der Waals surface area contributed by atoms with Crippen LogP contribution in [0.25, 0.3) is 0 Å². The first-order chi connectivity index (χ1) is 12.5. The number of nitrogens with zero attached hydrogens (tertiary/aromatic N) is 1. The van der Waals surface area contributed by atoms with Crippen LogP contribution in [0.2, 0.25) is 0 Å². The fourth-order valence-electron chi connectivity index (χ4n) is 3.15. The van der Waals surface area contributed by atoms with Crippen LogP contribution in [0.5, 0.6) is 0 Å². The van der Waals surface area contributed by atoms with E-state index in [-0.39, 0.29) is 10.8 Å². The summed E-state index contributed by atoms with van der Waals surface area (Å²) in [5.74, 6) is -0.0416. The number of fused-ring (bicyclic) bond motifs is 1. The van der Waals surface area contributed by atoms with Gasteiger partial charge in [-0.25, -0.2) is 8.42 Å². The summed E-state index contributed by atoms with van der Waals surface area (Å²) in [7, 11) is -3.61. The first-order valence-electron chi connectivity index (χ1n) is 9.03. The molecule has 6 heteroatoms. The standard InChI is InChI=1S/C20H24N2O3S/c1-2-3-11-20(23)21-17-13-12-16-8-7-14-22(19(16)15-17)26(24,25)18-9-5-4-6-10-18/h4-6,9-10,12-13,15H,2-3,7-8,11,14H2,1H3,(H,21,23). The third-order valence-electron chi connectivity index (χ3n) is 4.53. The minimum atomic E-state index is -3.61. The Kier molecular flexibility index (Phi) is 5.61. The van der Waals surface area contributed by atoms with Crippen LogP contribution in [0, 0.1) is 0 Å². The summed E-state index contributed by atoms with van der Waals surface area (Å²) in [5.41, 5.74) is 2.29. The summed E-state index contributed by atoms with van der Waals surface area (Å²) in [6, 6.07) is 14.0. The summed E-state index contributed by atoms with van der Waals surface area (Å²) in [6.45, 7) is 2.48. The highest BCUT2D eigenvalue weighted by Gasteiger charge is 2.29. The number of sulfonamides is 1. The van der Waals surface area contributed by atoms with Crippen LogP contribution < -0.4 is 9.62 Å². The van der Waals surface area contributed by atoms with Gasteiger partial charge in [0.15, 0.2) is 0 Å². The molecule has 0 saturated heterocycles. The Morgan fingerprint density at radius 3 is 2.65 bits per heavy atom. The van der Waals surface area contributed by atoms with Crippen molar-refractivity contribution in [2.75, 3.05) is 16.2 Å². The molecule has 2 aromatic carbocycles. The van der Waals surface area contributed by atoms with Crippen LogP contribution in [0.4, 0.5) is 11.4 Å². The number of hydrogen-bond acceptors (Lipinski definition) is 3. The number of amides is 1. The lowest BCUT2D eigenvalue weighted by atomic mass is 10.0. The van der Waals surface area contributed by atoms with E-state index in [0.717, 1.165) is 31.2 Å². The van der Waals surface area contributed by atoms with Gasteiger partial charge in [0.25, 0.3) is 10.0 Å². The van der Waals surface area contributed by atoms with Crippen molar-refractivity contribution in [1.29, 1.82) is 0 Å². The number of aryl methyl sites for hydroxylation is 1. The van der Waals surface area contributed by atoms with Gasteiger partial charge in [-0.1, -0.05) is 37.6 Å². The quantitative estimate of drug-likeness (QED) is 0.835. The van der Waals surface area contributed by atoms with Crippen molar-refractivity contribution in [3.8, 4) is 0 Å². The van der Waals surface area contributed by atoms with Crippen LogP contribution in [0.15, 0.2) is 53.4 Å². The van der Waals surface area contributed by atoms with E-state index >= 15 is 0 Å². The van der Waals surface area contributed by atoms with Crippen LogP contribution in [-0.2, 0) is 21.2 Å². The van der Waals surface area contributed by atoms with E-state index in [9.17, 15) is 13.2 Å². The SMILES string of the molecule is CCCCC(=O)Nc1ccc2c(c1)N(S(=O)(=O)c1ccccc1)CCC2. The Balaban J connectivity index is 1.91. The third-order valence-corrected chi connectivity index (χ3v) is 6.36. The van der Waals surface area contributed by atoms with Gasteiger partial charge in [-0.05, 0) is 49.1 Å². The van der Waals surface area contributed by atoms with Crippen LogP contribution in [0.1, 0.15) is 38.2 Å². The number of carbonyl (C=O) groups is 1. The summed E-state index contributed by atoms with van der Waals surface area (Å²) in [5, 5.41) is 2.88. The number of nitrogens with one attached hydrogen (secondary N) is 1. The number of benzene rings is 2. The zero-order chi connectivity index (χ0) is 18.6. The van der Waals surface area contributed by atoms with Gasteiger partial charge in [0.05, 0.1) is 10.6 Å². The van der Waals surface area contributed by atoms with Gasteiger partial charge in [0.2, 0.25) is 5.91 Å². The van der Waals surface area contributed by atoms with E-state index in [2.05, 4.69) is 5.32 Å². The molecule has 0 atom stereocenters. The molecule has 0 aromatic heterocycles. The molecule has 2 aromatic rings. The number of unbranched alkanes of at least 4 members (excludes halogenated alkanes) is 1. The predicted molar refractivity (Wildman–Crippen MR) is 104 cm³/mol. The average molecular weight is 372 g/mol. The maximum atomic E-state index is 13.1. The molecule has 5 nitrogen and oxygen atoms in total. The minimum absolute atomic E-state index is 0.0416. The van der Waals surface area contributed by atoms with Gasteiger partial charge >= 0.3 is 0 Å². The molecule has 1 aliphatic heterocycles. The second-order valence-corrected chi connectivity index (χ2v) is 8.35. The Bertz CT molecular complexity index is 879. The molecule has 1 aliphatic rings. The van der Waals surface area contributed by atoms with Crippen LogP contribution >= 0.6 is 0 Å². The summed E-state index contributed by atoms with van der Waals surface area (Å²) in [4.78, 5) is 12.3. The van der Waals surface area contributed by atoms with Crippen molar-refractivity contribution >= 4 is 27.3 Å². The molecule has 0 radical (unpaired) electrons. The Hall–Kier alpha value is -2.34. The first kappa shape index (κ1) is 18.5. The number of rotatable bonds is 6. The molecule has 1 N–H and O–H groups in total. The number of carbonyl (C=O) groups excluding carboxylic acids is 1. The Labute approximate surface area is 155 Å². The zero-order valence-electron chi connectivity index (χ0n) is 14.9. The predicted octanol–water partition coefficient (Wildman–Crippen LogP) is 3.96. The molecule has 0 bridgehead atoms. The number of anilines is 2. The Morgan fingerprint density at radius 2 is 1.92 bits per heavy atom. The highest BCUT2D eigenvalue weighted by molar-refractivity contribution is 7.92. The van der Waals surface area contributed by atoms with E-state index in [4.69, 9.17) is 0 Å². The van der Waals surface area contributed by atoms with E-state index < -0.39 is 10.0 Å². The maximum Gasteiger partial charge on any atom is 0.264 e. The van der Waals surface area contributed by atoms with Crippen LogP contribution in [-0.4, -0.2) is 20.9 Å². The van der Waals surface area contributed by atoms with Crippen molar-refractivity contribution < 1.29 is 13.2 Å². The average Bonchev–Trinajstić information content (AvgIpc) is 2.66. The smallest absolute Gasteiger partial charge is 0.264 e. The van der Waals surface area contributed by atoms with Crippen molar-refractivity contribution in [3.05, 3.63) is 54.1 Å². The highest BCUT2D eigenvalue weighted by Crippen LogP contribution is 2.34. The molecular weight excluding hydrogens is 348 g/mol. The molecule has 0 unspecified atom stereocenters. The lowest BCUT2D eigenvalue weighted by molar-refractivity contribution is -0.116. The molecule has 0 fully saturated rings. The molecule has 3 rings (SSSR count). The van der Waals surface area contributed by atoms with E-state index in [1.54, 1.807) is 36.4 Å². The second kappa shape index (κ2) is 7.91. The summed E-state index contributed by atoms with van der Waals surface area (Å²) < 4.78 is 27.6. The van der Waals surface area contributed by atoms with E-state index in [1.807, 2.05) is 19.1 Å². The Morgan fingerprint density at radius 1 is 1.15 bits per heavy atom. The van der Waals surface area contributed by atoms with E-state index in [1.165, 1.54) is 4.31 Å². The van der Waals surface area contributed by atoms with Gasteiger partial charge in [-0.2, -0.15) is 0 Å². The van der Waals surface area contributed by atoms with Gasteiger partial charge < -0.3 is 5.32 Å². The van der Waals surface area contributed by atoms with Crippen molar-refractivity contribution in [1.82, 2.24) is 0 Å². The monoisotopic (exact) mass is 372 g/mol. The lowest BCUT2D eigenvalue weighted by Gasteiger charge is -2.31. The topological polar surface area (TPSA) is 66.5 Å². The number of hydrogen-bond donors (Lipinski definition) is 1. The largest absolute Gasteiger partial charge is 0.326 e. The summed E-state index contributed by atoms with van der Waals surface area (Å²) >= 11 is 0. The molecule has 0 aliphatic carbocycles. The summed E-state index contributed by atoms with van der Waals surface area (Å²) in [6.07, 6.45) is 3.88. The molecule has 0 saturated carbocycles. The van der Waals surface area contributed by atoms with Gasteiger partial charge in [-0.15, -0.1) is 0 Å². The molecule has 1 heterocycles. The lowest BCUT2D eigenvalue weighted by Crippen LogP contribution is -2.35. The van der Waals surface area contributed by atoms with Gasteiger partial charge in [0.1, 0.15) is 0 Å². The molecule has 138 valence electrons. The molecule has 1 amide bonds. The maximum absolute atomic E-state index is 13.1. The van der Waals surface area contributed by atoms with Crippen molar-refractivity contribution in [3.63, 3.8) is 0 Å².